The van der Waals surface area contributed by atoms with Crippen molar-refractivity contribution >= 4 is 58.0 Å². The van der Waals surface area contributed by atoms with Crippen LogP contribution >= 0.6 is 47.0 Å². The number of rotatable bonds is 5. The third-order valence-corrected chi connectivity index (χ3v) is 4.04. The average molecular weight is 405 g/mol. The summed E-state index contributed by atoms with van der Waals surface area (Å²) in [7, 11) is 0. The topological polar surface area (TPSA) is 77.2 Å². The highest BCUT2D eigenvalue weighted by atomic mass is 35.5. The SMILES string of the molecule is NC(=S)NC(=O)COc1ccc(Cl)c(Cc2ccc(Cl)nc2)c1Cl. The van der Waals surface area contributed by atoms with Crippen molar-refractivity contribution in [3.63, 3.8) is 0 Å². The summed E-state index contributed by atoms with van der Waals surface area (Å²) in [6.07, 6.45) is 2.08. The van der Waals surface area contributed by atoms with Crippen molar-refractivity contribution in [3.05, 3.63) is 56.8 Å². The van der Waals surface area contributed by atoms with Crippen LogP contribution in [0, 0.1) is 0 Å². The number of benzene rings is 1. The van der Waals surface area contributed by atoms with Gasteiger partial charge in [0.05, 0.1) is 5.02 Å². The Morgan fingerprint density at radius 1 is 1.25 bits per heavy atom. The van der Waals surface area contributed by atoms with E-state index in [0.29, 0.717) is 32.9 Å². The van der Waals surface area contributed by atoms with Crippen LogP contribution in [0.3, 0.4) is 0 Å². The Labute approximate surface area is 159 Å². The Morgan fingerprint density at radius 2 is 2.00 bits per heavy atom. The zero-order valence-corrected chi connectivity index (χ0v) is 15.3. The number of nitrogens with two attached hydrogens (primary N) is 1. The number of nitrogens with one attached hydrogen (secondary N) is 1. The van der Waals surface area contributed by atoms with Crippen LogP contribution in [-0.4, -0.2) is 22.6 Å². The maximum Gasteiger partial charge on any atom is 0.264 e. The summed E-state index contributed by atoms with van der Waals surface area (Å²) in [5.41, 5.74) is 6.76. The van der Waals surface area contributed by atoms with Crippen LogP contribution in [0.15, 0.2) is 30.5 Å². The van der Waals surface area contributed by atoms with E-state index in [1.165, 1.54) is 0 Å². The lowest BCUT2D eigenvalue weighted by molar-refractivity contribution is -0.121. The van der Waals surface area contributed by atoms with Gasteiger partial charge >= 0.3 is 0 Å². The van der Waals surface area contributed by atoms with Crippen LogP contribution in [0.4, 0.5) is 0 Å². The molecule has 0 unspecified atom stereocenters. The van der Waals surface area contributed by atoms with Crippen molar-refractivity contribution < 1.29 is 9.53 Å². The second-order valence-electron chi connectivity index (χ2n) is 4.71. The smallest absolute Gasteiger partial charge is 0.264 e. The molecule has 0 fully saturated rings. The highest BCUT2D eigenvalue weighted by Crippen LogP contribution is 2.35. The summed E-state index contributed by atoms with van der Waals surface area (Å²) in [5.74, 6) is -0.145. The number of pyridine rings is 1. The molecule has 5 nitrogen and oxygen atoms in total. The van der Waals surface area contributed by atoms with E-state index in [1.807, 2.05) is 6.07 Å². The Hall–Kier alpha value is -1.60. The molecule has 0 aliphatic heterocycles. The molecule has 1 heterocycles. The maximum absolute atomic E-state index is 11.5. The van der Waals surface area contributed by atoms with E-state index >= 15 is 0 Å². The summed E-state index contributed by atoms with van der Waals surface area (Å²) in [5, 5.41) is 3.34. The highest BCUT2D eigenvalue weighted by molar-refractivity contribution is 7.80. The number of hydrogen-bond donors (Lipinski definition) is 2. The molecule has 0 spiro atoms. The number of aromatic nitrogens is 1. The van der Waals surface area contributed by atoms with Crippen molar-refractivity contribution in [2.75, 3.05) is 6.61 Å². The largest absolute Gasteiger partial charge is 0.482 e. The predicted molar refractivity (Wildman–Crippen MR) is 98.9 cm³/mol. The van der Waals surface area contributed by atoms with Gasteiger partial charge in [-0.15, -0.1) is 0 Å². The van der Waals surface area contributed by atoms with Crippen molar-refractivity contribution in [2.45, 2.75) is 6.42 Å². The molecule has 2 rings (SSSR count). The van der Waals surface area contributed by atoms with Crippen molar-refractivity contribution in [1.82, 2.24) is 10.3 Å². The zero-order valence-electron chi connectivity index (χ0n) is 12.2. The molecule has 0 aliphatic carbocycles. The molecule has 0 aliphatic rings. The van der Waals surface area contributed by atoms with Crippen molar-refractivity contribution in [2.24, 2.45) is 5.73 Å². The first kappa shape index (κ1) is 18.7. The number of thiocarbonyl (C=S) groups is 1. The van der Waals surface area contributed by atoms with Gasteiger partial charge in [-0.3, -0.25) is 4.79 Å². The molecular formula is C15H12Cl3N3O2S. The molecule has 24 heavy (non-hydrogen) atoms. The van der Waals surface area contributed by atoms with Crippen LogP contribution in [0.2, 0.25) is 15.2 Å². The quantitative estimate of drug-likeness (QED) is 0.590. The lowest BCUT2D eigenvalue weighted by Gasteiger charge is -2.13. The molecule has 0 bridgehead atoms. The van der Waals surface area contributed by atoms with Crippen molar-refractivity contribution in [1.29, 1.82) is 0 Å². The molecule has 1 amide bonds. The fourth-order valence-corrected chi connectivity index (χ4v) is 2.67. The van der Waals surface area contributed by atoms with Crippen LogP contribution < -0.4 is 15.8 Å². The number of amides is 1. The lowest BCUT2D eigenvalue weighted by atomic mass is 10.1. The van der Waals surface area contributed by atoms with Crippen LogP contribution in [0.5, 0.6) is 5.75 Å². The molecule has 126 valence electrons. The lowest BCUT2D eigenvalue weighted by Crippen LogP contribution is -2.37. The summed E-state index contributed by atoms with van der Waals surface area (Å²) in [6, 6.07) is 6.74. The second kappa shape index (κ2) is 8.48. The van der Waals surface area contributed by atoms with E-state index in [4.69, 9.17) is 45.3 Å². The Morgan fingerprint density at radius 3 is 2.62 bits per heavy atom. The van der Waals surface area contributed by atoms with Gasteiger partial charge in [0.1, 0.15) is 10.9 Å². The first-order valence-electron chi connectivity index (χ1n) is 6.66. The molecule has 1 aromatic carbocycles. The van der Waals surface area contributed by atoms with Gasteiger partial charge in [-0.05, 0) is 41.5 Å². The minimum atomic E-state index is -0.475. The predicted octanol–water partition coefficient (Wildman–Crippen LogP) is 3.37. The summed E-state index contributed by atoms with van der Waals surface area (Å²) >= 11 is 22.9. The molecule has 0 saturated heterocycles. The van der Waals surface area contributed by atoms with Gasteiger partial charge < -0.3 is 15.8 Å². The Bertz CT molecular complexity index is 769. The van der Waals surface area contributed by atoms with E-state index in [0.717, 1.165) is 5.56 Å². The summed E-state index contributed by atoms with van der Waals surface area (Å²) in [4.78, 5) is 15.5. The fourth-order valence-electron chi connectivity index (χ4n) is 1.88. The maximum atomic E-state index is 11.5. The van der Waals surface area contributed by atoms with Gasteiger partial charge in [-0.1, -0.05) is 40.9 Å². The van der Waals surface area contributed by atoms with Crippen LogP contribution in [0.1, 0.15) is 11.1 Å². The molecule has 2 aromatic rings. The Balaban J connectivity index is 2.16. The first-order valence-corrected chi connectivity index (χ1v) is 8.20. The van der Waals surface area contributed by atoms with Gasteiger partial charge in [0.25, 0.3) is 5.91 Å². The molecule has 0 saturated carbocycles. The summed E-state index contributed by atoms with van der Waals surface area (Å²) < 4.78 is 5.40. The van der Waals surface area contributed by atoms with Gasteiger partial charge in [-0.25, -0.2) is 4.98 Å². The molecule has 1 aromatic heterocycles. The van der Waals surface area contributed by atoms with Gasteiger partial charge in [0.15, 0.2) is 11.7 Å². The molecule has 0 atom stereocenters. The van der Waals surface area contributed by atoms with E-state index in [2.05, 4.69) is 22.5 Å². The zero-order chi connectivity index (χ0) is 17.7. The van der Waals surface area contributed by atoms with E-state index in [1.54, 1.807) is 24.4 Å². The van der Waals surface area contributed by atoms with Gasteiger partial charge in [-0.2, -0.15) is 0 Å². The number of carbonyl (C=O) groups is 1. The third-order valence-electron chi connectivity index (χ3n) is 2.94. The number of halogens is 3. The summed E-state index contributed by atoms with van der Waals surface area (Å²) in [6.45, 7) is -0.277. The van der Waals surface area contributed by atoms with E-state index in [9.17, 15) is 4.79 Å². The minimum Gasteiger partial charge on any atom is -0.482 e. The fraction of sp³-hybridized carbons (Fsp3) is 0.133. The van der Waals surface area contributed by atoms with Gasteiger partial charge in [0, 0.05) is 17.6 Å². The molecule has 3 N–H and O–H groups in total. The first-order chi connectivity index (χ1) is 11.4. The van der Waals surface area contributed by atoms with Crippen molar-refractivity contribution in [3.8, 4) is 5.75 Å². The standard InChI is InChI=1S/C15H12Cl3N3O2S/c16-10-2-3-11(23-7-13(22)21-15(19)24)14(18)9(10)5-8-1-4-12(17)20-6-8/h1-4,6H,5,7H2,(H3,19,21,22,24). The average Bonchev–Trinajstić information content (AvgIpc) is 2.52. The molecule has 9 heteroatoms. The highest BCUT2D eigenvalue weighted by Gasteiger charge is 2.14. The molecule has 0 radical (unpaired) electrons. The second-order valence-corrected chi connectivity index (χ2v) is 6.32. The molecular weight excluding hydrogens is 393 g/mol. The number of carbonyl (C=O) groups excluding carboxylic acids is 1. The number of nitrogens with zero attached hydrogens (tertiary/aromatic N) is 1. The van der Waals surface area contributed by atoms with Crippen LogP contribution in [0.25, 0.3) is 0 Å². The Kier molecular flexibility index (Phi) is 6.62. The van der Waals surface area contributed by atoms with Crippen LogP contribution in [-0.2, 0) is 11.2 Å². The monoisotopic (exact) mass is 403 g/mol. The minimum absolute atomic E-state index is 0.123. The number of hydrogen-bond acceptors (Lipinski definition) is 4. The van der Waals surface area contributed by atoms with Gasteiger partial charge in [0.2, 0.25) is 0 Å². The van der Waals surface area contributed by atoms with E-state index < -0.39 is 5.91 Å². The normalized spacial score (nSPS) is 10.3. The number of ether oxygens (including phenoxy) is 1. The third kappa shape index (κ3) is 5.21. The van der Waals surface area contributed by atoms with E-state index in [-0.39, 0.29) is 11.7 Å².